The summed E-state index contributed by atoms with van der Waals surface area (Å²) in [7, 11) is -1.22. The monoisotopic (exact) mass is 345 g/mol. The van der Waals surface area contributed by atoms with Gasteiger partial charge in [0.15, 0.2) is 14.6 Å². The Balaban J connectivity index is 0.00000232. The molecule has 8 heteroatoms. The highest BCUT2D eigenvalue weighted by molar-refractivity contribution is 7.93. The van der Waals surface area contributed by atoms with Gasteiger partial charge in [-0.1, -0.05) is 12.2 Å². The van der Waals surface area contributed by atoms with E-state index in [9.17, 15) is 13.2 Å². The average Bonchev–Trinajstić information content (AvgIpc) is 2.60. The molecular formula is C15H23NO6S. The summed E-state index contributed by atoms with van der Waals surface area (Å²) in [6.45, 7) is 3.14. The maximum Gasteiger partial charge on any atom is 0.327 e. The van der Waals surface area contributed by atoms with Crippen LogP contribution in [-0.2, 0) is 19.4 Å². The molecule has 1 unspecified atom stereocenters. The first kappa shape index (κ1) is 21.1. The molecule has 0 fully saturated rings. The van der Waals surface area contributed by atoms with E-state index in [0.29, 0.717) is 5.75 Å². The molecule has 0 saturated carbocycles. The first-order chi connectivity index (χ1) is 10.8. The summed E-state index contributed by atoms with van der Waals surface area (Å²) in [6.07, 6.45) is 3.38. The Morgan fingerprint density at radius 1 is 1.26 bits per heavy atom. The molecular weight excluding hydrogens is 322 g/mol. The quantitative estimate of drug-likeness (QED) is 0.458. The van der Waals surface area contributed by atoms with E-state index in [4.69, 9.17) is 9.94 Å². The molecule has 0 aliphatic carbocycles. The van der Waals surface area contributed by atoms with Gasteiger partial charge < -0.3 is 14.7 Å². The molecule has 1 aromatic rings. The predicted molar refractivity (Wildman–Crippen MR) is 86.0 cm³/mol. The molecule has 0 amide bonds. The number of ether oxygens (including phenoxy) is 2. The molecule has 0 spiro atoms. The number of nitrogens with two attached hydrogens (primary N) is 1. The van der Waals surface area contributed by atoms with Crippen LogP contribution in [0.1, 0.15) is 20.3 Å². The van der Waals surface area contributed by atoms with Crippen molar-refractivity contribution in [2.75, 3.05) is 14.2 Å². The van der Waals surface area contributed by atoms with Crippen molar-refractivity contribution in [3.8, 4) is 5.75 Å². The lowest BCUT2D eigenvalue weighted by atomic mass is 10.1. The normalized spacial score (nSPS) is 13.7. The maximum atomic E-state index is 12.8. The molecule has 23 heavy (non-hydrogen) atoms. The van der Waals surface area contributed by atoms with Gasteiger partial charge in [0.05, 0.1) is 19.1 Å². The van der Waals surface area contributed by atoms with E-state index in [1.165, 1.54) is 33.3 Å². The number of carbonyl (C=O) groups excluding carboxylic acids is 1. The average molecular weight is 345 g/mol. The largest absolute Gasteiger partial charge is 0.497 e. The van der Waals surface area contributed by atoms with E-state index >= 15 is 0 Å². The number of carbonyl (C=O) groups is 1. The maximum absolute atomic E-state index is 12.8. The van der Waals surface area contributed by atoms with Gasteiger partial charge in [-0.05, 0) is 44.5 Å². The molecule has 0 aliphatic rings. The Bertz CT molecular complexity index is 624. The Morgan fingerprint density at radius 2 is 1.78 bits per heavy atom. The van der Waals surface area contributed by atoms with E-state index in [-0.39, 0.29) is 11.3 Å². The first-order valence-corrected chi connectivity index (χ1v) is 8.16. The number of allylic oxidation sites excluding steroid dienone is 2. The van der Waals surface area contributed by atoms with Crippen LogP contribution in [0.3, 0.4) is 0 Å². The van der Waals surface area contributed by atoms with Crippen LogP contribution >= 0.6 is 0 Å². The third kappa shape index (κ3) is 4.54. The second-order valence-electron chi connectivity index (χ2n) is 4.67. The number of esters is 1. The third-order valence-electron chi connectivity index (χ3n) is 3.32. The summed E-state index contributed by atoms with van der Waals surface area (Å²) in [5, 5.41) is 6.50. The SMILES string of the molecule is CC=CCC(C)(C(=O)OC)S(=O)(=O)c1ccc(OC)cc1.NO. The zero-order valence-corrected chi connectivity index (χ0v) is 14.5. The Morgan fingerprint density at radius 3 is 2.17 bits per heavy atom. The molecule has 0 aromatic heterocycles. The van der Waals surface area contributed by atoms with Crippen LogP contribution in [0, 0.1) is 0 Å². The van der Waals surface area contributed by atoms with Crippen molar-refractivity contribution in [2.45, 2.75) is 29.9 Å². The van der Waals surface area contributed by atoms with Crippen LogP contribution in [0.15, 0.2) is 41.3 Å². The third-order valence-corrected chi connectivity index (χ3v) is 5.74. The molecule has 3 N–H and O–H groups in total. The highest BCUT2D eigenvalue weighted by atomic mass is 32.2. The molecule has 1 rings (SSSR count). The number of hydrogen-bond donors (Lipinski definition) is 2. The summed E-state index contributed by atoms with van der Waals surface area (Å²) in [4.78, 5) is 12.1. The minimum atomic E-state index is -3.89. The van der Waals surface area contributed by atoms with Gasteiger partial charge in [-0.2, -0.15) is 0 Å². The lowest BCUT2D eigenvalue weighted by Gasteiger charge is -2.25. The van der Waals surface area contributed by atoms with Crippen LogP contribution < -0.4 is 10.6 Å². The fraction of sp³-hybridized carbons (Fsp3) is 0.400. The van der Waals surface area contributed by atoms with Gasteiger partial charge >= 0.3 is 5.97 Å². The molecule has 0 radical (unpaired) electrons. The van der Waals surface area contributed by atoms with Crippen molar-refractivity contribution in [3.05, 3.63) is 36.4 Å². The number of hydrogen-bond acceptors (Lipinski definition) is 7. The van der Waals surface area contributed by atoms with Crippen LogP contribution in [-0.4, -0.2) is 38.6 Å². The van der Waals surface area contributed by atoms with Gasteiger partial charge in [-0.15, -0.1) is 0 Å². The summed E-state index contributed by atoms with van der Waals surface area (Å²) in [5.74, 6) is 3.26. The molecule has 130 valence electrons. The van der Waals surface area contributed by atoms with E-state index in [1.807, 2.05) is 0 Å². The number of benzene rings is 1. The van der Waals surface area contributed by atoms with E-state index in [1.54, 1.807) is 31.2 Å². The first-order valence-electron chi connectivity index (χ1n) is 6.67. The molecule has 0 heterocycles. The van der Waals surface area contributed by atoms with Crippen LogP contribution in [0.25, 0.3) is 0 Å². The van der Waals surface area contributed by atoms with Crippen LogP contribution in [0.5, 0.6) is 5.75 Å². The van der Waals surface area contributed by atoms with Gasteiger partial charge in [-0.25, -0.2) is 14.3 Å². The molecule has 0 bridgehead atoms. The van der Waals surface area contributed by atoms with E-state index in [0.717, 1.165) is 0 Å². The van der Waals surface area contributed by atoms with Gasteiger partial charge in [0.1, 0.15) is 5.75 Å². The van der Waals surface area contributed by atoms with Crippen LogP contribution in [0.4, 0.5) is 0 Å². The highest BCUT2D eigenvalue weighted by Crippen LogP contribution is 2.31. The standard InChI is InChI=1S/C15H20O5S.H3NO/c1-5-6-11-15(2,14(16)20-4)21(17,18)13-9-7-12(19-3)8-10-13;1-2/h5-10H,11H2,1-4H3;2H,1H2. The lowest BCUT2D eigenvalue weighted by Crippen LogP contribution is -2.44. The predicted octanol–water partition coefficient (Wildman–Crippen LogP) is 1.70. The van der Waals surface area contributed by atoms with Crippen molar-refractivity contribution < 1.29 is 27.9 Å². The van der Waals surface area contributed by atoms with Gasteiger partial charge in [-0.3, -0.25) is 4.79 Å². The fourth-order valence-corrected chi connectivity index (χ4v) is 3.51. The summed E-state index contributed by atoms with van der Waals surface area (Å²) < 4.78 is 33.6. The smallest absolute Gasteiger partial charge is 0.327 e. The number of sulfone groups is 1. The second-order valence-corrected chi connectivity index (χ2v) is 7.05. The molecule has 1 aromatic carbocycles. The summed E-state index contributed by atoms with van der Waals surface area (Å²) in [5.41, 5.74) is 0. The molecule has 1 atom stereocenters. The van der Waals surface area contributed by atoms with E-state index in [2.05, 4.69) is 10.6 Å². The van der Waals surface area contributed by atoms with Crippen molar-refractivity contribution >= 4 is 15.8 Å². The summed E-state index contributed by atoms with van der Waals surface area (Å²) >= 11 is 0. The Hall–Kier alpha value is -1.90. The van der Waals surface area contributed by atoms with Crippen molar-refractivity contribution in [1.29, 1.82) is 0 Å². The zero-order valence-electron chi connectivity index (χ0n) is 13.6. The second kappa shape index (κ2) is 9.29. The molecule has 0 aliphatic heterocycles. The van der Waals surface area contributed by atoms with Crippen molar-refractivity contribution in [3.63, 3.8) is 0 Å². The minimum absolute atomic E-state index is 0.0462. The van der Waals surface area contributed by atoms with Crippen LogP contribution in [0.2, 0.25) is 0 Å². The van der Waals surface area contributed by atoms with E-state index < -0.39 is 20.6 Å². The zero-order chi connectivity index (χ0) is 18.1. The van der Waals surface area contributed by atoms with Gasteiger partial charge in [0.25, 0.3) is 0 Å². The molecule has 0 saturated heterocycles. The highest BCUT2D eigenvalue weighted by Gasteiger charge is 2.47. The number of methoxy groups -OCH3 is 2. The number of rotatable bonds is 6. The van der Waals surface area contributed by atoms with Crippen molar-refractivity contribution in [1.82, 2.24) is 0 Å². The van der Waals surface area contributed by atoms with Gasteiger partial charge in [0, 0.05) is 0 Å². The Labute approximate surface area is 136 Å². The molecule has 7 nitrogen and oxygen atoms in total. The lowest BCUT2D eigenvalue weighted by molar-refractivity contribution is -0.143. The topological polar surface area (TPSA) is 116 Å². The Kier molecular flexibility index (Phi) is 8.52. The van der Waals surface area contributed by atoms with Gasteiger partial charge in [0.2, 0.25) is 0 Å². The minimum Gasteiger partial charge on any atom is -0.497 e. The summed E-state index contributed by atoms with van der Waals surface area (Å²) in [6, 6.07) is 5.93. The van der Waals surface area contributed by atoms with Crippen molar-refractivity contribution in [2.24, 2.45) is 5.90 Å². The fourth-order valence-electron chi connectivity index (χ4n) is 1.88.